The standard InChI is InChI=1S/C15H23ClN2O/c1-11-9-12(2)17-15(14(11)10-16)19-8-6-13-5-4-7-18(13)3/h9,13H,4-8,10H2,1-3H3. The third-order valence-corrected chi connectivity index (χ3v) is 4.20. The molecular formula is C15H23ClN2O. The zero-order valence-electron chi connectivity index (χ0n) is 12.1. The smallest absolute Gasteiger partial charge is 0.218 e. The average Bonchev–Trinajstić information content (AvgIpc) is 2.75. The molecule has 0 spiro atoms. The van der Waals surface area contributed by atoms with Gasteiger partial charge in [-0.2, -0.15) is 0 Å². The van der Waals surface area contributed by atoms with Gasteiger partial charge < -0.3 is 9.64 Å². The summed E-state index contributed by atoms with van der Waals surface area (Å²) < 4.78 is 5.88. The quantitative estimate of drug-likeness (QED) is 0.775. The molecule has 1 aliphatic heterocycles. The Morgan fingerprint density at radius 1 is 1.47 bits per heavy atom. The summed E-state index contributed by atoms with van der Waals surface area (Å²) in [5, 5.41) is 0. The number of aryl methyl sites for hydroxylation is 2. The second-order valence-electron chi connectivity index (χ2n) is 5.41. The lowest BCUT2D eigenvalue weighted by Gasteiger charge is -2.19. The lowest BCUT2D eigenvalue weighted by molar-refractivity contribution is 0.227. The van der Waals surface area contributed by atoms with Crippen molar-refractivity contribution in [2.75, 3.05) is 20.2 Å². The van der Waals surface area contributed by atoms with Crippen LogP contribution in [0.3, 0.4) is 0 Å². The number of halogens is 1. The number of aromatic nitrogens is 1. The summed E-state index contributed by atoms with van der Waals surface area (Å²) in [6, 6.07) is 2.71. The van der Waals surface area contributed by atoms with Gasteiger partial charge >= 0.3 is 0 Å². The SMILES string of the molecule is Cc1cc(C)c(CCl)c(OCCC2CCCN2C)n1. The van der Waals surface area contributed by atoms with Crippen LogP contribution in [0.1, 0.15) is 36.1 Å². The van der Waals surface area contributed by atoms with Gasteiger partial charge in [0.25, 0.3) is 0 Å². The van der Waals surface area contributed by atoms with E-state index in [4.69, 9.17) is 16.3 Å². The van der Waals surface area contributed by atoms with Crippen LogP contribution in [0.4, 0.5) is 0 Å². The van der Waals surface area contributed by atoms with Crippen molar-refractivity contribution in [3.8, 4) is 5.88 Å². The number of rotatable bonds is 5. The van der Waals surface area contributed by atoms with Crippen molar-refractivity contribution in [2.45, 2.75) is 45.0 Å². The molecule has 3 nitrogen and oxygen atoms in total. The Bertz CT molecular complexity index is 436. The van der Waals surface area contributed by atoms with E-state index < -0.39 is 0 Å². The van der Waals surface area contributed by atoms with Crippen molar-refractivity contribution in [3.05, 3.63) is 22.9 Å². The number of hydrogen-bond acceptors (Lipinski definition) is 3. The van der Waals surface area contributed by atoms with Crippen LogP contribution in [0.5, 0.6) is 5.88 Å². The molecule has 0 amide bonds. The van der Waals surface area contributed by atoms with Gasteiger partial charge in [-0.05, 0) is 58.3 Å². The van der Waals surface area contributed by atoms with Gasteiger partial charge in [-0.1, -0.05) is 0 Å². The second kappa shape index (κ2) is 6.58. The molecule has 1 atom stereocenters. The van der Waals surface area contributed by atoms with Gasteiger partial charge in [0.15, 0.2) is 0 Å². The lowest BCUT2D eigenvalue weighted by Crippen LogP contribution is -2.26. The van der Waals surface area contributed by atoms with Crippen molar-refractivity contribution >= 4 is 11.6 Å². The molecule has 0 radical (unpaired) electrons. The summed E-state index contributed by atoms with van der Waals surface area (Å²) in [6.45, 7) is 5.97. The van der Waals surface area contributed by atoms with E-state index in [1.54, 1.807) is 0 Å². The molecular weight excluding hydrogens is 260 g/mol. The van der Waals surface area contributed by atoms with Crippen LogP contribution in [0.15, 0.2) is 6.07 Å². The van der Waals surface area contributed by atoms with Crippen LogP contribution < -0.4 is 4.74 Å². The number of pyridine rings is 1. The molecule has 2 heterocycles. The fourth-order valence-electron chi connectivity index (χ4n) is 2.75. The topological polar surface area (TPSA) is 25.4 Å². The fraction of sp³-hybridized carbons (Fsp3) is 0.667. The van der Waals surface area contributed by atoms with Crippen molar-refractivity contribution in [1.82, 2.24) is 9.88 Å². The minimum absolute atomic E-state index is 0.456. The van der Waals surface area contributed by atoms with E-state index in [0.717, 1.165) is 29.8 Å². The van der Waals surface area contributed by atoms with E-state index >= 15 is 0 Å². The molecule has 19 heavy (non-hydrogen) atoms. The molecule has 2 rings (SSSR count). The third kappa shape index (κ3) is 3.61. The average molecular weight is 283 g/mol. The van der Waals surface area contributed by atoms with Crippen LogP contribution in [-0.4, -0.2) is 36.1 Å². The molecule has 0 saturated carbocycles. The summed E-state index contributed by atoms with van der Waals surface area (Å²) >= 11 is 5.99. The van der Waals surface area contributed by atoms with Crippen molar-refractivity contribution in [2.24, 2.45) is 0 Å². The first kappa shape index (κ1) is 14.6. The van der Waals surface area contributed by atoms with Gasteiger partial charge in [0, 0.05) is 17.3 Å². The predicted octanol–water partition coefficient (Wildman–Crippen LogP) is 3.30. The normalized spacial score (nSPS) is 19.9. The van der Waals surface area contributed by atoms with Crippen LogP contribution in [-0.2, 0) is 5.88 Å². The van der Waals surface area contributed by atoms with Gasteiger partial charge in [-0.3, -0.25) is 0 Å². The number of nitrogens with zero attached hydrogens (tertiary/aromatic N) is 2. The molecule has 106 valence electrons. The van der Waals surface area contributed by atoms with E-state index in [0.29, 0.717) is 17.8 Å². The number of likely N-dealkylation sites (tertiary alicyclic amines) is 1. The molecule has 0 N–H and O–H groups in total. The highest BCUT2D eigenvalue weighted by atomic mass is 35.5. The van der Waals surface area contributed by atoms with E-state index in [1.807, 2.05) is 6.92 Å². The highest BCUT2D eigenvalue weighted by Gasteiger charge is 2.20. The molecule has 1 saturated heterocycles. The molecule has 1 aliphatic rings. The van der Waals surface area contributed by atoms with Crippen molar-refractivity contribution < 1.29 is 4.74 Å². The molecule has 0 aromatic carbocycles. The molecule has 0 bridgehead atoms. The first-order valence-corrected chi connectivity index (χ1v) is 7.51. The maximum Gasteiger partial charge on any atom is 0.218 e. The van der Waals surface area contributed by atoms with E-state index in [2.05, 4.69) is 29.9 Å². The Kier molecular flexibility index (Phi) is 5.06. The first-order chi connectivity index (χ1) is 9.11. The predicted molar refractivity (Wildman–Crippen MR) is 79.0 cm³/mol. The molecule has 0 aliphatic carbocycles. The molecule has 1 aromatic heterocycles. The van der Waals surface area contributed by atoms with Gasteiger partial charge in [0.05, 0.1) is 12.5 Å². The fourth-order valence-corrected chi connectivity index (χ4v) is 3.07. The summed E-state index contributed by atoms with van der Waals surface area (Å²) in [5.41, 5.74) is 3.17. The third-order valence-electron chi connectivity index (χ3n) is 3.93. The van der Waals surface area contributed by atoms with Crippen LogP contribution in [0.25, 0.3) is 0 Å². The Hall–Kier alpha value is -0.800. The Morgan fingerprint density at radius 2 is 2.26 bits per heavy atom. The molecule has 4 heteroatoms. The molecule has 1 fully saturated rings. The monoisotopic (exact) mass is 282 g/mol. The summed E-state index contributed by atoms with van der Waals surface area (Å²) in [4.78, 5) is 6.89. The number of hydrogen-bond donors (Lipinski definition) is 0. The summed E-state index contributed by atoms with van der Waals surface area (Å²) in [6.07, 6.45) is 3.64. The van der Waals surface area contributed by atoms with Crippen molar-refractivity contribution in [1.29, 1.82) is 0 Å². The number of ether oxygens (including phenoxy) is 1. The first-order valence-electron chi connectivity index (χ1n) is 6.98. The van der Waals surface area contributed by atoms with Crippen LogP contribution in [0.2, 0.25) is 0 Å². The molecule has 1 unspecified atom stereocenters. The zero-order valence-corrected chi connectivity index (χ0v) is 12.8. The maximum absolute atomic E-state index is 5.99. The molecule has 1 aromatic rings. The van der Waals surface area contributed by atoms with E-state index in [9.17, 15) is 0 Å². The van der Waals surface area contributed by atoms with E-state index in [-0.39, 0.29) is 0 Å². The minimum atomic E-state index is 0.456. The zero-order chi connectivity index (χ0) is 13.8. The highest BCUT2D eigenvalue weighted by molar-refractivity contribution is 6.17. The van der Waals surface area contributed by atoms with Gasteiger partial charge in [-0.25, -0.2) is 4.98 Å². The summed E-state index contributed by atoms with van der Waals surface area (Å²) in [7, 11) is 2.19. The van der Waals surface area contributed by atoms with E-state index in [1.165, 1.54) is 19.4 Å². The maximum atomic E-state index is 5.99. The summed E-state index contributed by atoms with van der Waals surface area (Å²) in [5.74, 6) is 1.17. The van der Waals surface area contributed by atoms with Crippen LogP contribution in [0, 0.1) is 13.8 Å². The highest BCUT2D eigenvalue weighted by Crippen LogP contribution is 2.24. The Labute approximate surface area is 120 Å². The van der Waals surface area contributed by atoms with Gasteiger partial charge in [0.2, 0.25) is 5.88 Å². The second-order valence-corrected chi connectivity index (χ2v) is 5.68. The lowest BCUT2D eigenvalue weighted by atomic mass is 10.1. The van der Waals surface area contributed by atoms with Crippen LogP contribution >= 0.6 is 11.6 Å². The number of alkyl halides is 1. The Balaban J connectivity index is 1.95. The van der Waals surface area contributed by atoms with Gasteiger partial charge in [0.1, 0.15) is 0 Å². The largest absolute Gasteiger partial charge is 0.477 e. The Morgan fingerprint density at radius 3 is 2.89 bits per heavy atom. The van der Waals surface area contributed by atoms with Crippen molar-refractivity contribution in [3.63, 3.8) is 0 Å². The van der Waals surface area contributed by atoms with Gasteiger partial charge in [-0.15, -0.1) is 11.6 Å². The minimum Gasteiger partial charge on any atom is -0.477 e.